The number of nitrogens with zero attached hydrogens (tertiary/aromatic N) is 5. The summed E-state index contributed by atoms with van der Waals surface area (Å²) in [6.07, 6.45) is 5.72. The van der Waals surface area contributed by atoms with Crippen LogP contribution in [0.3, 0.4) is 0 Å². The molecule has 31 heavy (non-hydrogen) atoms. The molecule has 2 bridgehead atoms. The number of carbonyl (C=O) groups is 1. The van der Waals surface area contributed by atoms with Crippen molar-refractivity contribution in [3.8, 4) is 5.88 Å². The topological polar surface area (TPSA) is 93.9 Å². The van der Waals surface area contributed by atoms with Gasteiger partial charge < -0.3 is 19.7 Å². The van der Waals surface area contributed by atoms with E-state index in [-0.39, 0.29) is 18.6 Å². The number of ether oxygens (including phenoxy) is 2. The molecule has 1 N–H and O–H groups in total. The average Bonchev–Trinajstić information content (AvgIpc) is 3.46. The van der Waals surface area contributed by atoms with Gasteiger partial charge in [-0.05, 0) is 25.3 Å². The molecule has 1 amide bonds. The molecule has 2 aromatic heterocycles. The molecule has 2 fully saturated rings. The Hall–Kier alpha value is -3.01. The minimum absolute atomic E-state index is 0.183. The molecule has 1 aliphatic carbocycles. The number of rotatable bonds is 0. The van der Waals surface area contributed by atoms with Crippen molar-refractivity contribution in [1.82, 2.24) is 25.0 Å². The fourth-order valence-corrected chi connectivity index (χ4v) is 4.59. The lowest BCUT2D eigenvalue weighted by molar-refractivity contribution is 0.0912. The number of fused-ring (bicyclic) bond motifs is 4. The van der Waals surface area contributed by atoms with Gasteiger partial charge in [-0.15, -0.1) is 0 Å². The smallest absolute Gasteiger partial charge is 0.257 e. The van der Waals surface area contributed by atoms with Crippen molar-refractivity contribution in [2.24, 2.45) is 4.99 Å². The van der Waals surface area contributed by atoms with Gasteiger partial charge in [0.1, 0.15) is 23.8 Å². The first-order valence-corrected chi connectivity index (χ1v) is 10.7. The molecule has 0 radical (unpaired) electrons. The third-order valence-electron chi connectivity index (χ3n) is 6.48. The van der Waals surface area contributed by atoms with E-state index in [4.69, 9.17) is 14.5 Å². The largest absolute Gasteiger partial charge is 0.475 e. The van der Waals surface area contributed by atoms with Crippen molar-refractivity contribution in [3.63, 3.8) is 0 Å². The van der Waals surface area contributed by atoms with Gasteiger partial charge in [-0.3, -0.25) is 4.79 Å². The van der Waals surface area contributed by atoms with E-state index in [0.29, 0.717) is 62.0 Å². The fraction of sp³-hybridized carbons (Fsp3) is 0.524. The highest BCUT2D eigenvalue weighted by Crippen LogP contribution is 2.40. The number of hydrogen-bond acceptors (Lipinski definition) is 7. The molecule has 1 atom stereocenters. The maximum absolute atomic E-state index is 14.3. The summed E-state index contributed by atoms with van der Waals surface area (Å²) >= 11 is 0. The number of aliphatic imine (C=N–C) groups is 1. The molecule has 0 aromatic carbocycles. The number of amidine groups is 1. The van der Waals surface area contributed by atoms with Crippen LogP contribution in [0.15, 0.2) is 23.5 Å². The van der Waals surface area contributed by atoms with Crippen molar-refractivity contribution >= 4 is 17.6 Å². The molecule has 1 unspecified atom stereocenters. The van der Waals surface area contributed by atoms with Crippen LogP contribution < -0.4 is 10.1 Å². The van der Waals surface area contributed by atoms with Crippen molar-refractivity contribution in [1.29, 1.82) is 0 Å². The quantitative estimate of drug-likeness (QED) is 0.692. The Kier molecular flexibility index (Phi) is 4.24. The van der Waals surface area contributed by atoms with E-state index in [2.05, 4.69) is 20.3 Å². The number of hydrogen-bond donors (Lipinski definition) is 1. The first-order valence-electron chi connectivity index (χ1n) is 10.7. The summed E-state index contributed by atoms with van der Waals surface area (Å²) in [7, 11) is 0. The van der Waals surface area contributed by atoms with Crippen molar-refractivity contribution < 1.29 is 18.7 Å². The molecule has 1 spiro atoms. The summed E-state index contributed by atoms with van der Waals surface area (Å²) in [6, 6.07) is 1.32. The van der Waals surface area contributed by atoms with Gasteiger partial charge in [0.05, 0.1) is 37.1 Å². The Labute approximate surface area is 178 Å². The van der Waals surface area contributed by atoms with Gasteiger partial charge in [-0.25, -0.2) is 19.0 Å². The third kappa shape index (κ3) is 3.25. The van der Waals surface area contributed by atoms with Crippen LogP contribution in [0, 0.1) is 5.82 Å². The van der Waals surface area contributed by atoms with E-state index >= 15 is 0 Å². The number of pyridine rings is 1. The highest BCUT2D eigenvalue weighted by atomic mass is 19.1. The normalized spacial score (nSPS) is 24.3. The van der Waals surface area contributed by atoms with Crippen LogP contribution in [0.25, 0.3) is 0 Å². The Morgan fingerprint density at radius 1 is 1.23 bits per heavy atom. The Bertz CT molecular complexity index is 1080. The molecule has 1 saturated heterocycles. The van der Waals surface area contributed by atoms with E-state index in [1.807, 2.05) is 0 Å². The lowest BCUT2D eigenvalue weighted by Crippen LogP contribution is -2.41. The molecule has 2 aromatic rings. The fourth-order valence-electron chi connectivity index (χ4n) is 4.59. The van der Waals surface area contributed by atoms with Crippen molar-refractivity contribution in [2.75, 3.05) is 26.4 Å². The molecule has 1 saturated carbocycles. The first kappa shape index (κ1) is 18.7. The zero-order valence-electron chi connectivity index (χ0n) is 17.0. The SMILES string of the molecule is O=C1NC2(CC2)COc2ncc(F)cc2C2CCOCCN2C2=Nc3c1cnn3CC2. The molecule has 9 nitrogen and oxygen atoms in total. The predicted octanol–water partition coefficient (Wildman–Crippen LogP) is 1.97. The van der Waals surface area contributed by atoms with E-state index < -0.39 is 11.4 Å². The summed E-state index contributed by atoms with van der Waals surface area (Å²) < 4.78 is 27.9. The van der Waals surface area contributed by atoms with Gasteiger partial charge in [0.2, 0.25) is 5.88 Å². The maximum atomic E-state index is 14.3. The van der Waals surface area contributed by atoms with Crippen LogP contribution in [-0.2, 0) is 11.3 Å². The number of halogens is 1. The van der Waals surface area contributed by atoms with Gasteiger partial charge in [-0.1, -0.05) is 0 Å². The van der Waals surface area contributed by atoms with Gasteiger partial charge in [-0.2, -0.15) is 5.10 Å². The monoisotopic (exact) mass is 426 g/mol. The number of amides is 1. The van der Waals surface area contributed by atoms with Crippen LogP contribution in [0.5, 0.6) is 5.88 Å². The second-order valence-electron chi connectivity index (χ2n) is 8.56. The standard InChI is InChI=1S/C21H23FN6O3/c22-13-9-14-16-2-7-30-8-6-27(16)17-1-5-28-18(25-17)15(11-24-28)19(29)26-21(3-4-21)12-31-20(14)23-10-13/h9-11,16H,1-8,12H2,(H,26,29). The zero-order chi connectivity index (χ0) is 21.0. The third-order valence-corrected chi connectivity index (χ3v) is 6.48. The van der Waals surface area contributed by atoms with E-state index in [1.165, 1.54) is 12.3 Å². The molecular formula is C21H23FN6O3. The van der Waals surface area contributed by atoms with Gasteiger partial charge in [0, 0.05) is 25.1 Å². The molecular weight excluding hydrogens is 403 g/mol. The number of aromatic nitrogens is 3. The highest BCUT2D eigenvalue weighted by molar-refractivity contribution is 6.00. The maximum Gasteiger partial charge on any atom is 0.257 e. The van der Waals surface area contributed by atoms with Crippen LogP contribution in [-0.4, -0.2) is 63.3 Å². The van der Waals surface area contributed by atoms with Crippen LogP contribution in [0.2, 0.25) is 0 Å². The Morgan fingerprint density at radius 3 is 3.00 bits per heavy atom. The molecule has 4 aliphatic rings. The first-order chi connectivity index (χ1) is 15.1. The summed E-state index contributed by atoms with van der Waals surface area (Å²) in [5.41, 5.74) is 0.710. The minimum atomic E-state index is -0.444. The predicted molar refractivity (Wildman–Crippen MR) is 108 cm³/mol. The summed E-state index contributed by atoms with van der Waals surface area (Å²) in [5.74, 6) is 1.20. The second kappa shape index (κ2) is 7.01. The van der Waals surface area contributed by atoms with Gasteiger partial charge in [0.25, 0.3) is 5.91 Å². The molecule has 3 aliphatic heterocycles. The molecule has 162 valence electrons. The number of aryl methyl sites for hydroxylation is 1. The Balaban J connectivity index is 1.51. The summed E-state index contributed by atoms with van der Waals surface area (Å²) in [5, 5.41) is 7.47. The van der Waals surface area contributed by atoms with Crippen LogP contribution in [0.1, 0.15) is 47.6 Å². The number of carbonyl (C=O) groups excluding carboxylic acids is 1. The lowest BCUT2D eigenvalue weighted by atomic mass is 10.0. The van der Waals surface area contributed by atoms with Crippen LogP contribution >= 0.6 is 0 Å². The molecule has 5 heterocycles. The van der Waals surface area contributed by atoms with Gasteiger partial charge in [0.15, 0.2) is 5.82 Å². The average molecular weight is 426 g/mol. The van der Waals surface area contributed by atoms with Crippen LogP contribution in [0.4, 0.5) is 10.2 Å². The lowest BCUT2D eigenvalue weighted by Gasteiger charge is -2.34. The molecule has 6 rings (SSSR count). The zero-order valence-corrected chi connectivity index (χ0v) is 17.0. The van der Waals surface area contributed by atoms with Crippen molar-refractivity contribution in [2.45, 2.75) is 43.8 Å². The van der Waals surface area contributed by atoms with E-state index in [9.17, 15) is 9.18 Å². The summed E-state index contributed by atoms with van der Waals surface area (Å²) in [6.45, 7) is 2.62. The summed E-state index contributed by atoms with van der Waals surface area (Å²) in [4.78, 5) is 24.3. The Morgan fingerprint density at radius 2 is 2.13 bits per heavy atom. The number of nitrogens with one attached hydrogen (secondary N) is 1. The van der Waals surface area contributed by atoms with Crippen molar-refractivity contribution in [3.05, 3.63) is 35.4 Å². The second-order valence-corrected chi connectivity index (χ2v) is 8.56. The van der Waals surface area contributed by atoms with E-state index in [0.717, 1.165) is 18.7 Å². The van der Waals surface area contributed by atoms with E-state index in [1.54, 1.807) is 10.9 Å². The van der Waals surface area contributed by atoms with Gasteiger partial charge >= 0.3 is 0 Å². The minimum Gasteiger partial charge on any atom is -0.475 e. The molecule has 10 heteroatoms. The highest BCUT2D eigenvalue weighted by Gasteiger charge is 2.46.